The molecule has 0 atom stereocenters. The zero-order valence-corrected chi connectivity index (χ0v) is 12.1. The van der Waals surface area contributed by atoms with Gasteiger partial charge in [0.15, 0.2) is 0 Å². The number of carbonyl (C=O) groups excluding carboxylic acids is 1. The number of hydrogen-bond donors (Lipinski definition) is 0. The third-order valence-corrected chi connectivity index (χ3v) is 4.55. The molecule has 0 spiro atoms. The molecule has 0 aromatic heterocycles. The average Bonchev–Trinajstić information content (AvgIpc) is 2.85. The molecule has 0 saturated heterocycles. The Hall–Kier alpha value is -2.35. The molecule has 0 fully saturated rings. The maximum absolute atomic E-state index is 12.9. The van der Waals surface area contributed by atoms with E-state index in [-0.39, 0.29) is 5.91 Å². The van der Waals surface area contributed by atoms with Crippen LogP contribution in [0.3, 0.4) is 0 Å². The average molecular weight is 275 g/mol. The van der Waals surface area contributed by atoms with Gasteiger partial charge in [-0.3, -0.25) is 4.79 Å². The summed E-state index contributed by atoms with van der Waals surface area (Å²) in [5.74, 6) is 0.159. The summed E-state index contributed by atoms with van der Waals surface area (Å²) in [4.78, 5) is 14.9. The number of aryl methyl sites for hydroxylation is 2. The second-order valence-electron chi connectivity index (χ2n) is 5.81. The number of amides is 1. The standard InChI is InChI=1S/C19H17NO/c1-13-6-2-5-9-17(13)20-12-15-11-10-14-7-3-4-8-16(14)18(15)19(20)21/h2-9H,10-12H2,1H3. The smallest absolute Gasteiger partial charge is 0.259 e. The van der Waals surface area contributed by atoms with E-state index in [0.29, 0.717) is 0 Å². The fourth-order valence-corrected chi connectivity index (χ4v) is 3.47. The Morgan fingerprint density at radius 1 is 0.952 bits per heavy atom. The number of benzene rings is 2. The van der Waals surface area contributed by atoms with Crippen LogP contribution in [0.1, 0.15) is 23.1 Å². The first-order valence-corrected chi connectivity index (χ1v) is 7.43. The Kier molecular flexibility index (Phi) is 2.71. The molecule has 2 aromatic rings. The van der Waals surface area contributed by atoms with E-state index in [0.717, 1.165) is 41.8 Å². The molecule has 0 unspecified atom stereocenters. The maximum Gasteiger partial charge on any atom is 0.259 e. The molecule has 0 N–H and O–H groups in total. The van der Waals surface area contributed by atoms with Crippen LogP contribution < -0.4 is 4.90 Å². The van der Waals surface area contributed by atoms with Crippen molar-refractivity contribution in [3.05, 3.63) is 70.8 Å². The Labute approximate surface area is 124 Å². The van der Waals surface area contributed by atoms with Crippen molar-refractivity contribution < 1.29 is 4.79 Å². The minimum absolute atomic E-state index is 0.159. The molecule has 0 bridgehead atoms. The van der Waals surface area contributed by atoms with Gasteiger partial charge in [0.1, 0.15) is 0 Å². The Morgan fingerprint density at radius 2 is 1.71 bits per heavy atom. The van der Waals surface area contributed by atoms with E-state index in [1.54, 1.807) is 0 Å². The van der Waals surface area contributed by atoms with Crippen molar-refractivity contribution in [2.75, 3.05) is 11.4 Å². The summed E-state index contributed by atoms with van der Waals surface area (Å²) in [6.45, 7) is 2.81. The van der Waals surface area contributed by atoms with Crippen LogP contribution in [0.2, 0.25) is 0 Å². The molecule has 21 heavy (non-hydrogen) atoms. The topological polar surface area (TPSA) is 20.3 Å². The molecule has 2 aliphatic rings. The molecule has 2 aromatic carbocycles. The van der Waals surface area contributed by atoms with Crippen molar-refractivity contribution in [3.8, 4) is 0 Å². The van der Waals surface area contributed by atoms with E-state index >= 15 is 0 Å². The Bertz CT molecular complexity index is 773. The van der Waals surface area contributed by atoms with Crippen molar-refractivity contribution in [1.29, 1.82) is 0 Å². The van der Waals surface area contributed by atoms with Crippen LogP contribution in [-0.4, -0.2) is 12.5 Å². The van der Waals surface area contributed by atoms with E-state index in [9.17, 15) is 4.79 Å². The summed E-state index contributed by atoms with van der Waals surface area (Å²) < 4.78 is 0. The Balaban J connectivity index is 1.79. The first kappa shape index (κ1) is 12.4. The number of fused-ring (bicyclic) bond motifs is 2. The van der Waals surface area contributed by atoms with Crippen LogP contribution in [0, 0.1) is 6.92 Å². The molecule has 104 valence electrons. The first-order chi connectivity index (χ1) is 10.3. The highest BCUT2D eigenvalue weighted by atomic mass is 16.2. The number of carbonyl (C=O) groups is 1. The minimum Gasteiger partial charge on any atom is -0.304 e. The zero-order chi connectivity index (χ0) is 14.4. The summed E-state index contributed by atoms with van der Waals surface area (Å²) >= 11 is 0. The van der Waals surface area contributed by atoms with Crippen molar-refractivity contribution in [3.63, 3.8) is 0 Å². The van der Waals surface area contributed by atoms with Crippen LogP contribution in [-0.2, 0) is 11.2 Å². The maximum atomic E-state index is 12.9. The van der Waals surface area contributed by atoms with Gasteiger partial charge in [-0.25, -0.2) is 0 Å². The molecule has 2 nitrogen and oxygen atoms in total. The van der Waals surface area contributed by atoms with Crippen LogP contribution in [0.4, 0.5) is 5.69 Å². The lowest BCUT2D eigenvalue weighted by Gasteiger charge is -2.19. The van der Waals surface area contributed by atoms with E-state index in [2.05, 4.69) is 31.2 Å². The molecule has 0 saturated carbocycles. The highest BCUT2D eigenvalue weighted by Crippen LogP contribution is 2.39. The summed E-state index contributed by atoms with van der Waals surface area (Å²) in [6.07, 6.45) is 2.05. The fourth-order valence-electron chi connectivity index (χ4n) is 3.47. The molecule has 1 amide bonds. The number of anilines is 1. The lowest BCUT2D eigenvalue weighted by Crippen LogP contribution is -2.27. The number of hydrogen-bond acceptors (Lipinski definition) is 1. The summed E-state index contributed by atoms with van der Waals surface area (Å²) in [5.41, 5.74) is 6.87. The van der Waals surface area contributed by atoms with Gasteiger partial charge in [0, 0.05) is 17.8 Å². The molecule has 1 aliphatic heterocycles. The largest absolute Gasteiger partial charge is 0.304 e. The third kappa shape index (κ3) is 1.83. The number of para-hydroxylation sites is 1. The third-order valence-electron chi connectivity index (χ3n) is 4.55. The molecule has 1 aliphatic carbocycles. The summed E-state index contributed by atoms with van der Waals surface area (Å²) in [7, 11) is 0. The van der Waals surface area contributed by atoms with Gasteiger partial charge in [0.05, 0.1) is 0 Å². The minimum atomic E-state index is 0.159. The van der Waals surface area contributed by atoms with E-state index in [4.69, 9.17) is 0 Å². The summed E-state index contributed by atoms with van der Waals surface area (Å²) in [5, 5.41) is 0. The number of rotatable bonds is 1. The molecule has 1 heterocycles. The van der Waals surface area contributed by atoms with Crippen molar-refractivity contribution in [1.82, 2.24) is 0 Å². The SMILES string of the molecule is Cc1ccccc1N1CC2=C(C1=O)c1ccccc1CC2. The van der Waals surface area contributed by atoms with Crippen LogP contribution in [0.5, 0.6) is 0 Å². The van der Waals surface area contributed by atoms with Gasteiger partial charge in [0.2, 0.25) is 0 Å². The normalized spacial score (nSPS) is 17.0. The van der Waals surface area contributed by atoms with Gasteiger partial charge in [-0.15, -0.1) is 0 Å². The fraction of sp³-hybridized carbons (Fsp3) is 0.211. The summed E-state index contributed by atoms with van der Waals surface area (Å²) in [6, 6.07) is 16.4. The van der Waals surface area contributed by atoms with Gasteiger partial charge in [-0.2, -0.15) is 0 Å². The predicted molar refractivity (Wildman–Crippen MR) is 85.2 cm³/mol. The first-order valence-electron chi connectivity index (χ1n) is 7.43. The second-order valence-corrected chi connectivity index (χ2v) is 5.81. The van der Waals surface area contributed by atoms with Gasteiger partial charge in [-0.1, -0.05) is 42.5 Å². The van der Waals surface area contributed by atoms with Gasteiger partial charge in [-0.05, 0) is 48.1 Å². The van der Waals surface area contributed by atoms with Gasteiger partial charge in [0.25, 0.3) is 5.91 Å². The highest BCUT2D eigenvalue weighted by molar-refractivity contribution is 6.30. The van der Waals surface area contributed by atoms with E-state index in [1.807, 2.05) is 29.2 Å². The molecule has 2 heteroatoms. The van der Waals surface area contributed by atoms with Crippen LogP contribution >= 0.6 is 0 Å². The van der Waals surface area contributed by atoms with Crippen LogP contribution in [0.15, 0.2) is 54.1 Å². The Morgan fingerprint density at radius 3 is 2.57 bits per heavy atom. The molecular formula is C19H17NO. The van der Waals surface area contributed by atoms with Gasteiger partial charge < -0.3 is 4.90 Å². The highest BCUT2D eigenvalue weighted by Gasteiger charge is 2.35. The van der Waals surface area contributed by atoms with Crippen molar-refractivity contribution in [2.24, 2.45) is 0 Å². The van der Waals surface area contributed by atoms with Crippen molar-refractivity contribution in [2.45, 2.75) is 19.8 Å². The molecule has 0 radical (unpaired) electrons. The monoisotopic (exact) mass is 275 g/mol. The zero-order valence-electron chi connectivity index (χ0n) is 12.1. The predicted octanol–water partition coefficient (Wildman–Crippen LogP) is 3.74. The van der Waals surface area contributed by atoms with Crippen LogP contribution in [0.25, 0.3) is 5.57 Å². The van der Waals surface area contributed by atoms with Gasteiger partial charge >= 0.3 is 0 Å². The van der Waals surface area contributed by atoms with Crippen molar-refractivity contribution >= 4 is 17.2 Å². The molecular weight excluding hydrogens is 258 g/mol. The quantitative estimate of drug-likeness (QED) is 0.776. The lowest BCUT2D eigenvalue weighted by atomic mass is 9.87. The second kappa shape index (κ2) is 4.59. The van der Waals surface area contributed by atoms with E-state index in [1.165, 1.54) is 11.1 Å². The number of nitrogens with zero attached hydrogens (tertiary/aromatic N) is 1. The molecule has 4 rings (SSSR count). The van der Waals surface area contributed by atoms with E-state index < -0.39 is 0 Å². The lowest BCUT2D eigenvalue weighted by molar-refractivity contribution is -0.112.